The van der Waals surface area contributed by atoms with Crippen LogP contribution < -0.4 is 0 Å². The maximum atomic E-state index is 10.1. The van der Waals surface area contributed by atoms with Gasteiger partial charge >= 0.3 is 0 Å². The molecular weight excluding hydrogens is 198 g/mol. The summed E-state index contributed by atoms with van der Waals surface area (Å²) in [6.07, 6.45) is 0. The molecule has 0 bridgehead atoms. The van der Waals surface area contributed by atoms with Gasteiger partial charge in [-0.15, -0.1) is 0 Å². The second-order valence-corrected chi connectivity index (χ2v) is 3.01. The molecule has 0 aromatic rings. The first-order chi connectivity index (χ1) is 7.06. The molecule has 0 unspecified atom stereocenters. The van der Waals surface area contributed by atoms with Gasteiger partial charge in [0.2, 0.25) is 5.91 Å². The molecule has 0 atom stereocenters. The van der Waals surface area contributed by atoms with E-state index in [-0.39, 0.29) is 5.91 Å². The zero-order valence-corrected chi connectivity index (χ0v) is 10.4. The second-order valence-electron chi connectivity index (χ2n) is 3.01. The first-order valence-electron chi connectivity index (χ1n) is 4.79. The van der Waals surface area contributed by atoms with E-state index < -0.39 is 0 Å². The molecule has 0 rings (SSSR count). The number of amides is 1. The molecule has 92 valence electrons. The minimum atomic E-state index is 0.0926. The van der Waals surface area contributed by atoms with E-state index in [9.17, 15) is 4.79 Å². The van der Waals surface area contributed by atoms with E-state index in [1.807, 2.05) is 0 Å². The standard InChI is InChI=1S/C6H14O3.C4H9NO/c1-7-3-5-9-6-4-8-2;1-4(6)5(2)3/h3-6H2,1-2H3;1-3H3. The van der Waals surface area contributed by atoms with Crippen LogP contribution in [0.3, 0.4) is 0 Å². The normalized spacial score (nSPS) is 9.13. The summed E-state index contributed by atoms with van der Waals surface area (Å²) in [6, 6.07) is 0. The molecule has 0 aliphatic rings. The number of carbonyl (C=O) groups is 1. The van der Waals surface area contributed by atoms with Gasteiger partial charge < -0.3 is 19.1 Å². The molecule has 15 heavy (non-hydrogen) atoms. The third-order valence-electron chi connectivity index (χ3n) is 1.49. The molecule has 0 spiro atoms. The first-order valence-corrected chi connectivity index (χ1v) is 4.79. The van der Waals surface area contributed by atoms with Gasteiger partial charge in [-0.05, 0) is 0 Å². The van der Waals surface area contributed by atoms with Crippen LogP contribution in [0.1, 0.15) is 6.92 Å². The minimum absolute atomic E-state index is 0.0926. The molecule has 0 N–H and O–H groups in total. The van der Waals surface area contributed by atoms with Crippen LogP contribution in [-0.4, -0.2) is 65.5 Å². The van der Waals surface area contributed by atoms with Gasteiger partial charge in [-0.2, -0.15) is 0 Å². The highest BCUT2D eigenvalue weighted by molar-refractivity contribution is 5.72. The van der Waals surface area contributed by atoms with Crippen molar-refractivity contribution in [3.63, 3.8) is 0 Å². The van der Waals surface area contributed by atoms with Crippen molar-refractivity contribution >= 4 is 5.91 Å². The van der Waals surface area contributed by atoms with E-state index in [2.05, 4.69) is 0 Å². The lowest BCUT2D eigenvalue weighted by atomic mass is 10.7. The average Bonchev–Trinajstić information content (AvgIpc) is 2.18. The summed E-state index contributed by atoms with van der Waals surface area (Å²) in [5.74, 6) is 0.0926. The smallest absolute Gasteiger partial charge is 0.218 e. The Morgan fingerprint density at radius 3 is 1.53 bits per heavy atom. The summed E-state index contributed by atoms with van der Waals surface area (Å²) >= 11 is 0. The maximum Gasteiger partial charge on any atom is 0.218 e. The Labute approximate surface area is 92.3 Å². The van der Waals surface area contributed by atoms with E-state index in [4.69, 9.17) is 14.2 Å². The third kappa shape index (κ3) is 19.7. The van der Waals surface area contributed by atoms with Crippen LogP contribution in [0.15, 0.2) is 0 Å². The van der Waals surface area contributed by atoms with E-state index >= 15 is 0 Å². The SMILES string of the molecule is CC(=O)N(C)C.COCCOCCOC. The topological polar surface area (TPSA) is 48.0 Å². The van der Waals surface area contributed by atoms with Crippen molar-refractivity contribution in [2.24, 2.45) is 0 Å². The van der Waals surface area contributed by atoms with E-state index in [0.29, 0.717) is 26.4 Å². The lowest BCUT2D eigenvalue weighted by Gasteiger charge is -2.02. The molecule has 0 saturated carbocycles. The van der Waals surface area contributed by atoms with Gasteiger partial charge in [0.15, 0.2) is 0 Å². The highest BCUT2D eigenvalue weighted by Gasteiger charge is 1.87. The van der Waals surface area contributed by atoms with Crippen molar-refractivity contribution in [3.8, 4) is 0 Å². The maximum absolute atomic E-state index is 10.1. The summed E-state index contributed by atoms with van der Waals surface area (Å²) in [4.78, 5) is 11.6. The molecule has 0 fully saturated rings. The van der Waals surface area contributed by atoms with E-state index in [0.717, 1.165) is 0 Å². The Kier molecular flexibility index (Phi) is 14.9. The van der Waals surface area contributed by atoms with Crippen LogP contribution in [0, 0.1) is 0 Å². The Morgan fingerprint density at radius 2 is 1.33 bits per heavy atom. The highest BCUT2D eigenvalue weighted by Crippen LogP contribution is 1.75. The van der Waals surface area contributed by atoms with Gasteiger partial charge in [0, 0.05) is 35.2 Å². The molecule has 5 heteroatoms. The van der Waals surface area contributed by atoms with Gasteiger partial charge in [0.05, 0.1) is 26.4 Å². The number of ether oxygens (including phenoxy) is 3. The van der Waals surface area contributed by atoms with Crippen molar-refractivity contribution in [3.05, 3.63) is 0 Å². The summed E-state index contributed by atoms with van der Waals surface area (Å²) < 4.78 is 14.6. The molecule has 5 nitrogen and oxygen atoms in total. The largest absolute Gasteiger partial charge is 0.382 e. The van der Waals surface area contributed by atoms with Crippen molar-refractivity contribution in [1.29, 1.82) is 0 Å². The molecule has 0 radical (unpaired) electrons. The summed E-state index contributed by atoms with van der Waals surface area (Å²) in [5.41, 5.74) is 0. The lowest BCUT2D eigenvalue weighted by Crippen LogP contribution is -2.17. The van der Waals surface area contributed by atoms with Crippen molar-refractivity contribution in [2.75, 3.05) is 54.7 Å². The second kappa shape index (κ2) is 13.4. The number of methoxy groups -OCH3 is 2. The fraction of sp³-hybridized carbons (Fsp3) is 0.900. The monoisotopic (exact) mass is 221 g/mol. The quantitative estimate of drug-likeness (QED) is 0.609. The van der Waals surface area contributed by atoms with Crippen LogP contribution in [0.4, 0.5) is 0 Å². The first kappa shape index (κ1) is 16.8. The molecule has 0 aromatic carbocycles. The number of carbonyl (C=O) groups excluding carboxylic acids is 1. The molecule has 0 saturated heterocycles. The van der Waals surface area contributed by atoms with Crippen molar-refractivity contribution < 1.29 is 19.0 Å². The summed E-state index contributed by atoms with van der Waals surface area (Å²) in [7, 11) is 6.75. The Balaban J connectivity index is 0. The number of hydrogen-bond donors (Lipinski definition) is 0. The zero-order valence-electron chi connectivity index (χ0n) is 10.4. The number of rotatable bonds is 6. The van der Waals surface area contributed by atoms with Crippen LogP contribution in [0.2, 0.25) is 0 Å². The molecule has 0 aromatic heterocycles. The Hall–Kier alpha value is -0.650. The van der Waals surface area contributed by atoms with Crippen molar-refractivity contribution in [2.45, 2.75) is 6.92 Å². The zero-order chi connectivity index (χ0) is 12.1. The van der Waals surface area contributed by atoms with Gasteiger partial charge in [-0.1, -0.05) is 0 Å². The fourth-order valence-corrected chi connectivity index (χ4v) is 0.387. The molecule has 0 aliphatic heterocycles. The molecule has 1 amide bonds. The minimum Gasteiger partial charge on any atom is -0.382 e. The average molecular weight is 221 g/mol. The molecule has 0 aliphatic carbocycles. The lowest BCUT2D eigenvalue weighted by molar-refractivity contribution is -0.126. The van der Waals surface area contributed by atoms with Gasteiger partial charge in [0.25, 0.3) is 0 Å². The van der Waals surface area contributed by atoms with Gasteiger partial charge in [0.1, 0.15) is 0 Å². The van der Waals surface area contributed by atoms with Crippen LogP contribution >= 0.6 is 0 Å². The number of hydrogen-bond acceptors (Lipinski definition) is 4. The highest BCUT2D eigenvalue weighted by atomic mass is 16.5. The van der Waals surface area contributed by atoms with Crippen molar-refractivity contribution in [1.82, 2.24) is 4.90 Å². The van der Waals surface area contributed by atoms with Gasteiger partial charge in [-0.3, -0.25) is 4.79 Å². The fourth-order valence-electron chi connectivity index (χ4n) is 0.387. The van der Waals surface area contributed by atoms with Gasteiger partial charge in [-0.25, -0.2) is 0 Å². The third-order valence-corrected chi connectivity index (χ3v) is 1.49. The van der Waals surface area contributed by atoms with Crippen LogP contribution in [0.5, 0.6) is 0 Å². The predicted molar refractivity (Wildman–Crippen MR) is 58.9 cm³/mol. The molecular formula is C10H23NO4. The number of nitrogens with zero attached hydrogens (tertiary/aromatic N) is 1. The van der Waals surface area contributed by atoms with E-state index in [1.54, 1.807) is 28.3 Å². The Morgan fingerprint density at radius 1 is 1.00 bits per heavy atom. The van der Waals surface area contributed by atoms with Crippen LogP contribution in [-0.2, 0) is 19.0 Å². The van der Waals surface area contributed by atoms with Crippen LogP contribution in [0.25, 0.3) is 0 Å². The summed E-state index contributed by atoms with van der Waals surface area (Å²) in [5, 5.41) is 0. The Bertz CT molecular complexity index is 133. The van der Waals surface area contributed by atoms with E-state index in [1.165, 1.54) is 11.8 Å². The molecule has 0 heterocycles. The predicted octanol–water partition coefficient (Wildman–Crippen LogP) is 0.390. The summed E-state index contributed by atoms with van der Waals surface area (Å²) in [6.45, 7) is 4.15.